The predicted octanol–water partition coefficient (Wildman–Crippen LogP) is 2.63. The van der Waals surface area contributed by atoms with E-state index in [4.69, 9.17) is 0 Å². The van der Waals surface area contributed by atoms with E-state index in [1.165, 1.54) is 11.3 Å². The van der Waals surface area contributed by atoms with E-state index >= 15 is 0 Å². The highest BCUT2D eigenvalue weighted by Crippen LogP contribution is 2.40. The summed E-state index contributed by atoms with van der Waals surface area (Å²) in [6.07, 6.45) is 6.04. The zero-order chi connectivity index (χ0) is 18.7. The van der Waals surface area contributed by atoms with Crippen molar-refractivity contribution in [1.29, 1.82) is 0 Å². The molecule has 2 amide bonds. The molecule has 4 rings (SSSR count). The van der Waals surface area contributed by atoms with Crippen molar-refractivity contribution in [3.63, 3.8) is 0 Å². The average Bonchev–Trinajstić information content (AvgIpc) is 3.25. The van der Waals surface area contributed by atoms with Gasteiger partial charge in [-0.25, -0.2) is 4.98 Å². The van der Waals surface area contributed by atoms with Crippen LogP contribution in [0.25, 0.3) is 0 Å². The number of pyridine rings is 1. The van der Waals surface area contributed by atoms with E-state index in [-0.39, 0.29) is 17.2 Å². The Morgan fingerprint density at radius 2 is 2.04 bits per heavy atom. The molecule has 6 nitrogen and oxygen atoms in total. The Bertz CT molecular complexity index is 786. The highest BCUT2D eigenvalue weighted by atomic mass is 32.1. The molecule has 0 aromatic carbocycles. The molecule has 2 aromatic rings. The normalized spacial score (nSPS) is 19.5. The van der Waals surface area contributed by atoms with Gasteiger partial charge in [-0.15, -0.1) is 11.3 Å². The lowest BCUT2D eigenvalue weighted by Crippen LogP contribution is -2.52. The molecule has 2 saturated heterocycles. The molecule has 2 aromatic heterocycles. The molecule has 2 fully saturated rings. The number of amides is 2. The molecule has 1 spiro atoms. The van der Waals surface area contributed by atoms with Crippen molar-refractivity contribution in [1.82, 2.24) is 19.8 Å². The second kappa shape index (κ2) is 7.76. The molecule has 4 heterocycles. The Labute approximate surface area is 163 Å². The molecule has 0 N–H and O–H groups in total. The number of carbonyl (C=O) groups is 2. The Hall–Kier alpha value is -2.28. The molecule has 0 saturated carbocycles. The number of nitrogens with zero attached hydrogens (tertiary/aromatic N) is 4. The van der Waals surface area contributed by atoms with Crippen molar-refractivity contribution < 1.29 is 9.59 Å². The smallest absolute Gasteiger partial charge is 0.273 e. The van der Waals surface area contributed by atoms with Gasteiger partial charge in [0.15, 0.2) is 0 Å². The van der Waals surface area contributed by atoms with E-state index in [1.54, 1.807) is 11.7 Å². The Kier molecular flexibility index (Phi) is 5.20. The lowest BCUT2D eigenvalue weighted by atomic mass is 9.72. The monoisotopic (exact) mass is 384 g/mol. The Morgan fingerprint density at radius 1 is 1.19 bits per heavy atom. The standard InChI is InChI=1S/C20H24N4O2S/c25-18-4-6-20(14-24(18)10-5-16-3-1-2-9-21-16)7-11-23(12-8-20)19(26)17-13-27-15-22-17/h1-3,9,13,15H,4-8,10-12,14H2. The van der Waals surface area contributed by atoms with Crippen LogP contribution in [0.3, 0.4) is 0 Å². The van der Waals surface area contributed by atoms with Gasteiger partial charge in [-0.2, -0.15) is 0 Å². The van der Waals surface area contributed by atoms with Crippen LogP contribution in [0.5, 0.6) is 0 Å². The van der Waals surface area contributed by atoms with Crippen LogP contribution in [-0.4, -0.2) is 57.8 Å². The van der Waals surface area contributed by atoms with Gasteiger partial charge in [0.1, 0.15) is 5.69 Å². The molecule has 27 heavy (non-hydrogen) atoms. The maximum absolute atomic E-state index is 12.5. The number of likely N-dealkylation sites (tertiary alicyclic amines) is 2. The average molecular weight is 385 g/mol. The van der Waals surface area contributed by atoms with Crippen LogP contribution in [-0.2, 0) is 11.2 Å². The maximum Gasteiger partial charge on any atom is 0.273 e. The summed E-state index contributed by atoms with van der Waals surface area (Å²) in [6, 6.07) is 5.90. The minimum absolute atomic E-state index is 0.0324. The fourth-order valence-corrected chi connectivity index (χ4v) is 4.70. The second-order valence-corrected chi connectivity index (χ2v) is 8.27. The quantitative estimate of drug-likeness (QED) is 0.813. The lowest BCUT2D eigenvalue weighted by molar-refractivity contribution is -0.138. The highest BCUT2D eigenvalue weighted by molar-refractivity contribution is 7.07. The number of hydrogen-bond acceptors (Lipinski definition) is 5. The van der Waals surface area contributed by atoms with Crippen molar-refractivity contribution in [3.8, 4) is 0 Å². The largest absolute Gasteiger partial charge is 0.342 e. The van der Waals surface area contributed by atoms with Gasteiger partial charge >= 0.3 is 0 Å². The van der Waals surface area contributed by atoms with Gasteiger partial charge in [0.05, 0.1) is 5.51 Å². The number of carbonyl (C=O) groups excluding carboxylic acids is 2. The number of rotatable bonds is 4. The van der Waals surface area contributed by atoms with E-state index in [9.17, 15) is 9.59 Å². The summed E-state index contributed by atoms with van der Waals surface area (Å²) in [5.74, 6) is 0.280. The van der Waals surface area contributed by atoms with Gasteiger partial charge < -0.3 is 9.80 Å². The maximum atomic E-state index is 12.5. The zero-order valence-corrected chi connectivity index (χ0v) is 16.2. The van der Waals surface area contributed by atoms with E-state index in [2.05, 4.69) is 9.97 Å². The number of hydrogen-bond donors (Lipinski definition) is 0. The molecule has 0 unspecified atom stereocenters. The summed E-state index contributed by atoms with van der Waals surface area (Å²) in [4.78, 5) is 37.3. The third-order valence-electron chi connectivity index (χ3n) is 5.87. The van der Waals surface area contributed by atoms with Crippen molar-refractivity contribution in [2.45, 2.75) is 32.1 Å². The summed E-state index contributed by atoms with van der Waals surface area (Å²) in [5.41, 5.74) is 3.42. The van der Waals surface area contributed by atoms with Crippen LogP contribution >= 0.6 is 11.3 Å². The molecule has 7 heteroatoms. The highest BCUT2D eigenvalue weighted by Gasteiger charge is 2.41. The summed E-state index contributed by atoms with van der Waals surface area (Å²) < 4.78 is 0. The molecule has 2 aliphatic heterocycles. The Balaban J connectivity index is 1.35. The van der Waals surface area contributed by atoms with Gasteiger partial charge in [-0.1, -0.05) is 6.07 Å². The minimum Gasteiger partial charge on any atom is -0.342 e. The molecule has 0 atom stereocenters. The fourth-order valence-electron chi connectivity index (χ4n) is 4.17. The molecule has 0 radical (unpaired) electrons. The first-order chi connectivity index (χ1) is 13.2. The van der Waals surface area contributed by atoms with Crippen molar-refractivity contribution in [2.24, 2.45) is 5.41 Å². The second-order valence-electron chi connectivity index (χ2n) is 7.55. The van der Waals surface area contributed by atoms with Crippen LogP contribution in [0.1, 0.15) is 41.9 Å². The summed E-state index contributed by atoms with van der Waals surface area (Å²) in [7, 11) is 0. The third-order valence-corrected chi connectivity index (χ3v) is 6.46. The number of piperidine rings is 2. The first-order valence-electron chi connectivity index (χ1n) is 9.50. The van der Waals surface area contributed by atoms with Gasteiger partial charge in [-0.3, -0.25) is 14.6 Å². The number of thiazole rings is 1. The molecule has 2 aliphatic rings. The lowest BCUT2D eigenvalue weighted by Gasteiger charge is -2.47. The zero-order valence-electron chi connectivity index (χ0n) is 15.3. The fraction of sp³-hybridized carbons (Fsp3) is 0.500. The topological polar surface area (TPSA) is 66.4 Å². The van der Waals surface area contributed by atoms with Gasteiger partial charge in [0, 0.05) is 56.3 Å². The van der Waals surface area contributed by atoms with E-state index in [0.29, 0.717) is 12.1 Å². The molecule has 0 aliphatic carbocycles. The molecule has 142 valence electrons. The number of aromatic nitrogens is 2. The van der Waals surface area contributed by atoms with Crippen molar-refractivity contribution in [2.75, 3.05) is 26.2 Å². The van der Waals surface area contributed by atoms with Crippen molar-refractivity contribution >= 4 is 23.2 Å². The summed E-state index contributed by atoms with van der Waals surface area (Å²) >= 11 is 1.45. The van der Waals surface area contributed by atoms with Crippen LogP contribution in [0.4, 0.5) is 0 Å². The van der Waals surface area contributed by atoms with Crippen LogP contribution in [0.15, 0.2) is 35.3 Å². The molecule has 0 bridgehead atoms. The van der Waals surface area contributed by atoms with Gasteiger partial charge in [0.25, 0.3) is 5.91 Å². The van der Waals surface area contributed by atoms with Crippen molar-refractivity contribution in [3.05, 3.63) is 46.7 Å². The minimum atomic E-state index is 0.0324. The predicted molar refractivity (Wildman–Crippen MR) is 103 cm³/mol. The molecular weight excluding hydrogens is 360 g/mol. The third kappa shape index (κ3) is 4.03. The van der Waals surface area contributed by atoms with Gasteiger partial charge in [0.2, 0.25) is 5.91 Å². The molecular formula is C20H24N4O2S. The first kappa shape index (κ1) is 18.1. The van der Waals surface area contributed by atoms with Crippen LogP contribution in [0, 0.1) is 5.41 Å². The SMILES string of the molecule is O=C1CCC2(CCN(C(=O)c3cscn3)CC2)CN1CCc1ccccn1. The van der Waals surface area contributed by atoms with E-state index in [0.717, 1.165) is 57.6 Å². The van der Waals surface area contributed by atoms with Gasteiger partial charge in [-0.05, 0) is 36.8 Å². The van der Waals surface area contributed by atoms with Crippen LogP contribution < -0.4 is 0 Å². The van der Waals surface area contributed by atoms with E-state index < -0.39 is 0 Å². The summed E-state index contributed by atoms with van der Waals surface area (Å²) in [5, 5.41) is 1.81. The first-order valence-corrected chi connectivity index (χ1v) is 10.4. The Morgan fingerprint density at radius 3 is 2.74 bits per heavy atom. The van der Waals surface area contributed by atoms with Crippen LogP contribution in [0.2, 0.25) is 0 Å². The van der Waals surface area contributed by atoms with E-state index in [1.807, 2.05) is 33.4 Å². The summed E-state index contributed by atoms with van der Waals surface area (Å²) in [6.45, 7) is 3.02.